The van der Waals surface area contributed by atoms with Gasteiger partial charge in [-0.2, -0.15) is 5.10 Å². The molecule has 1 heterocycles. The lowest BCUT2D eigenvalue weighted by Crippen LogP contribution is -2.39. The van der Waals surface area contributed by atoms with E-state index in [1.54, 1.807) is 42.6 Å². The topological polar surface area (TPSA) is 83.8 Å². The van der Waals surface area contributed by atoms with E-state index in [4.69, 9.17) is 0 Å². The number of amides is 1. The number of aromatic nitrogens is 1. The summed E-state index contributed by atoms with van der Waals surface area (Å²) in [7, 11) is -4.00. The molecule has 0 saturated carbocycles. The molecule has 0 fully saturated rings. The van der Waals surface area contributed by atoms with Gasteiger partial charge in [-0.3, -0.25) is 9.10 Å². The minimum atomic E-state index is -4.00. The van der Waals surface area contributed by atoms with E-state index in [-0.39, 0.29) is 4.90 Å². The molecule has 0 spiro atoms. The van der Waals surface area contributed by atoms with E-state index in [1.165, 1.54) is 0 Å². The van der Waals surface area contributed by atoms with E-state index in [0.717, 1.165) is 49.2 Å². The molecule has 0 saturated heterocycles. The normalized spacial score (nSPS) is 11.6. The number of carbonyl (C=O) groups is 1. The molecule has 1 aromatic heterocycles. The molecule has 1 N–H and O–H groups in total. The minimum Gasteiger partial charge on any atom is -0.318 e. The van der Waals surface area contributed by atoms with Crippen LogP contribution in [0, 0.1) is 41.5 Å². The van der Waals surface area contributed by atoms with Gasteiger partial charge in [-0.1, -0.05) is 35.9 Å². The van der Waals surface area contributed by atoms with Gasteiger partial charge in [0.1, 0.15) is 6.54 Å². The Bertz CT molecular complexity index is 1650. The van der Waals surface area contributed by atoms with Crippen molar-refractivity contribution in [1.29, 1.82) is 0 Å². The summed E-state index contributed by atoms with van der Waals surface area (Å²) in [6.45, 7) is 11.4. The zero-order valence-electron chi connectivity index (χ0n) is 23.2. The van der Waals surface area contributed by atoms with E-state index in [1.807, 2.05) is 58.9 Å². The maximum Gasteiger partial charge on any atom is 0.264 e. The molecular formula is C31H34N4O3S. The van der Waals surface area contributed by atoms with Crippen LogP contribution in [0.5, 0.6) is 0 Å². The molecule has 0 bridgehead atoms. The largest absolute Gasteiger partial charge is 0.318 e. The number of hydrogen-bond donors (Lipinski definition) is 1. The third-order valence-corrected chi connectivity index (χ3v) is 8.59. The number of rotatable bonds is 8. The number of anilines is 1. The standard InChI is InChI=1S/C31H34N4O3S/c1-21-10-14-30(15-11-21)39(37,38)34(28-13-12-23(3)24(4)17-28)20-31(36)33-32-19-27-18-25(5)35(26(27)6)29-9-7-8-22(2)16-29/h7-19H,20H2,1-6H3,(H,33,36)/b32-19-. The molecule has 0 aliphatic carbocycles. The predicted molar refractivity (Wildman–Crippen MR) is 157 cm³/mol. The molecule has 0 unspecified atom stereocenters. The lowest BCUT2D eigenvalue weighted by Gasteiger charge is -2.24. The number of nitrogens with zero attached hydrogens (tertiary/aromatic N) is 3. The third kappa shape index (κ3) is 6.12. The molecule has 202 valence electrons. The van der Waals surface area contributed by atoms with Gasteiger partial charge in [0, 0.05) is 22.6 Å². The van der Waals surface area contributed by atoms with E-state index >= 15 is 0 Å². The van der Waals surface area contributed by atoms with Gasteiger partial charge >= 0.3 is 0 Å². The first kappa shape index (κ1) is 27.9. The molecule has 7 nitrogen and oxygen atoms in total. The highest BCUT2D eigenvalue weighted by Gasteiger charge is 2.27. The summed E-state index contributed by atoms with van der Waals surface area (Å²) in [6, 6.07) is 22.1. The predicted octanol–water partition coefficient (Wildman–Crippen LogP) is 5.67. The monoisotopic (exact) mass is 542 g/mol. The van der Waals surface area contributed by atoms with E-state index in [2.05, 4.69) is 34.2 Å². The van der Waals surface area contributed by atoms with Gasteiger partial charge in [-0.25, -0.2) is 13.8 Å². The number of hydrogen-bond acceptors (Lipinski definition) is 4. The summed E-state index contributed by atoms with van der Waals surface area (Å²) < 4.78 is 30.5. The second kappa shape index (κ2) is 11.3. The first-order valence-corrected chi connectivity index (χ1v) is 14.2. The number of carbonyl (C=O) groups excluding carboxylic acids is 1. The number of hydrazone groups is 1. The van der Waals surface area contributed by atoms with Crippen molar-refractivity contribution in [3.63, 3.8) is 0 Å². The van der Waals surface area contributed by atoms with Gasteiger partial charge in [-0.05, 0) is 101 Å². The van der Waals surface area contributed by atoms with Gasteiger partial charge in [0.2, 0.25) is 0 Å². The summed E-state index contributed by atoms with van der Waals surface area (Å²) in [5, 5.41) is 4.15. The number of sulfonamides is 1. The third-order valence-electron chi connectivity index (χ3n) is 6.80. The molecule has 0 atom stereocenters. The van der Waals surface area contributed by atoms with Crippen LogP contribution in [0.2, 0.25) is 0 Å². The molecule has 39 heavy (non-hydrogen) atoms. The van der Waals surface area contributed by atoms with Crippen LogP contribution in [-0.2, 0) is 14.8 Å². The van der Waals surface area contributed by atoms with Crippen LogP contribution in [0.1, 0.15) is 39.2 Å². The van der Waals surface area contributed by atoms with Crippen LogP contribution >= 0.6 is 0 Å². The van der Waals surface area contributed by atoms with Gasteiger partial charge in [0.05, 0.1) is 16.8 Å². The van der Waals surface area contributed by atoms with Gasteiger partial charge in [0.25, 0.3) is 15.9 Å². The first-order chi connectivity index (χ1) is 18.5. The van der Waals surface area contributed by atoms with Crippen LogP contribution in [0.15, 0.2) is 82.8 Å². The lowest BCUT2D eigenvalue weighted by molar-refractivity contribution is -0.119. The highest BCUT2D eigenvalue weighted by atomic mass is 32.2. The van der Waals surface area contributed by atoms with Crippen LogP contribution in [0.25, 0.3) is 5.69 Å². The van der Waals surface area contributed by atoms with Crippen molar-refractivity contribution in [2.75, 3.05) is 10.8 Å². The summed E-state index contributed by atoms with van der Waals surface area (Å²) in [6.07, 6.45) is 1.58. The van der Waals surface area contributed by atoms with Crippen molar-refractivity contribution >= 4 is 27.8 Å². The Morgan fingerprint density at radius 3 is 2.26 bits per heavy atom. The maximum absolute atomic E-state index is 13.6. The Morgan fingerprint density at radius 2 is 1.59 bits per heavy atom. The SMILES string of the molecule is Cc1ccc(S(=O)(=O)N(CC(=O)N/N=C\c2cc(C)n(-c3cccc(C)c3)c2C)c2ccc(C)c(C)c2)cc1. The zero-order chi connectivity index (χ0) is 28.3. The summed E-state index contributed by atoms with van der Waals surface area (Å²) in [5.74, 6) is -0.548. The van der Waals surface area contributed by atoms with Crippen molar-refractivity contribution in [2.24, 2.45) is 5.10 Å². The average molecular weight is 543 g/mol. The van der Waals surface area contributed by atoms with Gasteiger partial charge in [-0.15, -0.1) is 0 Å². The van der Waals surface area contributed by atoms with Crippen molar-refractivity contribution in [3.8, 4) is 5.69 Å². The smallest absolute Gasteiger partial charge is 0.264 e. The van der Waals surface area contributed by atoms with Crippen LogP contribution < -0.4 is 9.73 Å². The highest BCUT2D eigenvalue weighted by molar-refractivity contribution is 7.92. The number of benzene rings is 3. The fourth-order valence-electron chi connectivity index (χ4n) is 4.46. The Hall–Kier alpha value is -4.17. The molecule has 1 amide bonds. The molecule has 3 aromatic carbocycles. The van der Waals surface area contributed by atoms with Crippen LogP contribution in [0.4, 0.5) is 5.69 Å². The van der Waals surface area contributed by atoms with E-state index in [9.17, 15) is 13.2 Å². The Balaban J connectivity index is 1.57. The fraction of sp³-hybridized carbons (Fsp3) is 0.226. The first-order valence-electron chi connectivity index (χ1n) is 12.7. The van der Waals surface area contributed by atoms with Gasteiger partial charge < -0.3 is 4.57 Å². The molecule has 0 aliphatic heterocycles. The lowest BCUT2D eigenvalue weighted by atomic mass is 10.1. The summed E-state index contributed by atoms with van der Waals surface area (Å²) >= 11 is 0. The quantitative estimate of drug-likeness (QED) is 0.230. The zero-order valence-corrected chi connectivity index (χ0v) is 24.0. The molecule has 0 aliphatic rings. The van der Waals surface area contributed by atoms with Crippen molar-refractivity contribution in [3.05, 3.63) is 112 Å². The molecule has 0 radical (unpaired) electrons. The molecule has 4 rings (SSSR count). The van der Waals surface area contributed by atoms with E-state index < -0.39 is 22.5 Å². The van der Waals surface area contributed by atoms with E-state index in [0.29, 0.717) is 5.69 Å². The molecule has 4 aromatic rings. The second-order valence-corrected chi connectivity index (χ2v) is 11.7. The van der Waals surface area contributed by atoms with Crippen molar-refractivity contribution in [1.82, 2.24) is 9.99 Å². The minimum absolute atomic E-state index is 0.117. The Morgan fingerprint density at radius 1 is 0.872 bits per heavy atom. The molecular weight excluding hydrogens is 508 g/mol. The summed E-state index contributed by atoms with van der Waals surface area (Å²) in [5.41, 5.74) is 10.9. The Kier molecular flexibility index (Phi) is 8.06. The fourth-order valence-corrected chi connectivity index (χ4v) is 5.87. The average Bonchev–Trinajstić information content (AvgIpc) is 3.17. The highest BCUT2D eigenvalue weighted by Crippen LogP contribution is 2.26. The number of aryl methyl sites for hydroxylation is 5. The Labute approximate surface area is 230 Å². The number of nitrogens with one attached hydrogen (secondary N) is 1. The van der Waals surface area contributed by atoms with Crippen molar-refractivity contribution < 1.29 is 13.2 Å². The second-order valence-electron chi connectivity index (χ2n) is 9.89. The maximum atomic E-state index is 13.6. The van der Waals surface area contributed by atoms with Gasteiger partial charge in [0.15, 0.2) is 0 Å². The van der Waals surface area contributed by atoms with Crippen LogP contribution in [0.3, 0.4) is 0 Å². The summed E-state index contributed by atoms with van der Waals surface area (Å²) in [4.78, 5) is 13.1. The van der Waals surface area contributed by atoms with Crippen LogP contribution in [-0.4, -0.2) is 31.7 Å². The molecule has 8 heteroatoms. The van der Waals surface area contributed by atoms with Crippen molar-refractivity contribution in [2.45, 2.75) is 46.4 Å².